The molecule has 1 aromatic heterocycles. The number of nitrogen functional groups attached to an aromatic ring is 1. The van der Waals surface area contributed by atoms with Crippen molar-refractivity contribution in [3.8, 4) is 11.8 Å². The van der Waals surface area contributed by atoms with Gasteiger partial charge in [-0.05, 0) is 32.0 Å². The summed E-state index contributed by atoms with van der Waals surface area (Å²) in [5, 5.41) is 0.353. The lowest BCUT2D eigenvalue weighted by atomic mass is 10.2. The molecule has 0 atom stereocenters. The van der Waals surface area contributed by atoms with Gasteiger partial charge in [-0.3, -0.25) is 0 Å². The predicted octanol–water partition coefficient (Wildman–Crippen LogP) is 2.99. The molecule has 1 aromatic carbocycles. The Morgan fingerprint density at radius 1 is 1.43 bits per heavy atom. The van der Waals surface area contributed by atoms with Crippen LogP contribution >= 0.6 is 11.6 Å². The van der Waals surface area contributed by atoms with Crippen molar-refractivity contribution in [2.45, 2.75) is 13.8 Å². The van der Waals surface area contributed by atoms with Crippen molar-refractivity contribution in [1.82, 2.24) is 9.97 Å². The van der Waals surface area contributed by atoms with E-state index in [1.54, 1.807) is 32.0 Å². The molecule has 0 aliphatic rings. The fraction of sp³-hybridized carbons (Fsp3) is 0.214. The number of rotatable bonds is 4. The number of anilines is 1. The number of aryl methyl sites for hydroxylation is 1. The molecule has 0 saturated carbocycles. The Morgan fingerprint density at radius 2 is 2.19 bits per heavy atom. The van der Waals surface area contributed by atoms with Crippen molar-refractivity contribution in [2.24, 2.45) is 0 Å². The standard InChI is InChI=1S/C14H14ClN3O3/c1-3-20-13(19)10-7-17-14(18-8(10)2)21-12-5-4-9(16)6-11(12)15/h4-7H,3,16H2,1-2H3. The summed E-state index contributed by atoms with van der Waals surface area (Å²) in [5.74, 6) is -0.0822. The number of hydrogen-bond donors (Lipinski definition) is 1. The van der Waals surface area contributed by atoms with Crippen LogP contribution < -0.4 is 10.5 Å². The lowest BCUT2D eigenvalue weighted by Crippen LogP contribution is -2.09. The third-order valence-corrected chi connectivity index (χ3v) is 2.91. The third kappa shape index (κ3) is 3.61. The number of hydrogen-bond acceptors (Lipinski definition) is 6. The molecule has 0 bridgehead atoms. The summed E-state index contributed by atoms with van der Waals surface area (Å²) >= 11 is 6.01. The van der Waals surface area contributed by atoms with Gasteiger partial charge < -0.3 is 15.2 Å². The summed E-state index contributed by atoms with van der Waals surface area (Å²) in [6.07, 6.45) is 1.36. The Bertz CT molecular complexity index is 677. The summed E-state index contributed by atoms with van der Waals surface area (Å²) in [5.41, 5.74) is 6.90. The molecule has 2 aromatic rings. The third-order valence-electron chi connectivity index (χ3n) is 2.61. The van der Waals surface area contributed by atoms with Crippen LogP contribution in [0.3, 0.4) is 0 Å². The number of nitrogens with two attached hydrogens (primary N) is 1. The average Bonchev–Trinajstić information content (AvgIpc) is 2.42. The van der Waals surface area contributed by atoms with Crippen molar-refractivity contribution in [3.05, 3.63) is 40.7 Å². The molecule has 6 nitrogen and oxygen atoms in total. The Kier molecular flexibility index (Phi) is 4.59. The second-order valence-electron chi connectivity index (χ2n) is 4.16. The Labute approximate surface area is 126 Å². The number of halogens is 1. The van der Waals surface area contributed by atoms with E-state index in [2.05, 4.69) is 9.97 Å². The van der Waals surface area contributed by atoms with Gasteiger partial charge in [0.1, 0.15) is 5.75 Å². The first-order valence-electron chi connectivity index (χ1n) is 6.25. The minimum Gasteiger partial charge on any atom is -0.462 e. The van der Waals surface area contributed by atoms with Crippen molar-refractivity contribution in [1.29, 1.82) is 0 Å². The van der Waals surface area contributed by atoms with Crippen LogP contribution in [-0.2, 0) is 4.74 Å². The fourth-order valence-corrected chi connectivity index (χ4v) is 1.83. The lowest BCUT2D eigenvalue weighted by Gasteiger charge is -2.08. The largest absolute Gasteiger partial charge is 0.462 e. The van der Waals surface area contributed by atoms with E-state index in [0.717, 1.165) is 0 Å². The minimum atomic E-state index is -0.466. The number of esters is 1. The van der Waals surface area contributed by atoms with Crippen LogP contribution in [0.5, 0.6) is 11.8 Å². The van der Waals surface area contributed by atoms with Gasteiger partial charge in [0, 0.05) is 11.9 Å². The predicted molar refractivity (Wildman–Crippen MR) is 78.7 cm³/mol. The Hall–Kier alpha value is -2.34. The molecule has 1 heterocycles. The molecule has 2 rings (SSSR count). The molecule has 0 spiro atoms. The molecule has 2 N–H and O–H groups in total. The van der Waals surface area contributed by atoms with E-state index in [-0.39, 0.29) is 12.6 Å². The van der Waals surface area contributed by atoms with Crippen LogP contribution in [-0.4, -0.2) is 22.5 Å². The van der Waals surface area contributed by atoms with Crippen molar-refractivity contribution in [3.63, 3.8) is 0 Å². The van der Waals surface area contributed by atoms with Gasteiger partial charge in [0.2, 0.25) is 0 Å². The van der Waals surface area contributed by atoms with E-state index in [9.17, 15) is 4.79 Å². The van der Waals surface area contributed by atoms with E-state index < -0.39 is 5.97 Å². The summed E-state index contributed by atoms with van der Waals surface area (Å²) in [4.78, 5) is 19.7. The van der Waals surface area contributed by atoms with Gasteiger partial charge in [-0.15, -0.1) is 0 Å². The molecule has 0 amide bonds. The quantitative estimate of drug-likeness (QED) is 0.690. The first kappa shape index (κ1) is 15.1. The SMILES string of the molecule is CCOC(=O)c1cnc(Oc2ccc(N)cc2Cl)nc1C. The zero-order valence-corrected chi connectivity index (χ0v) is 12.3. The summed E-state index contributed by atoms with van der Waals surface area (Å²) < 4.78 is 10.4. The molecule has 0 aliphatic carbocycles. The van der Waals surface area contributed by atoms with E-state index >= 15 is 0 Å². The Morgan fingerprint density at radius 3 is 2.81 bits per heavy atom. The summed E-state index contributed by atoms with van der Waals surface area (Å²) in [6.45, 7) is 3.69. The van der Waals surface area contributed by atoms with Gasteiger partial charge in [-0.1, -0.05) is 11.6 Å². The first-order valence-corrected chi connectivity index (χ1v) is 6.62. The molecular formula is C14H14ClN3O3. The van der Waals surface area contributed by atoms with E-state index in [1.807, 2.05) is 0 Å². The van der Waals surface area contributed by atoms with Crippen LogP contribution in [0, 0.1) is 6.92 Å². The molecule has 0 unspecified atom stereocenters. The Balaban J connectivity index is 2.22. The smallest absolute Gasteiger partial charge is 0.341 e. The average molecular weight is 308 g/mol. The summed E-state index contributed by atoms with van der Waals surface area (Å²) in [6, 6.07) is 4.93. The molecule has 110 valence electrons. The molecule has 0 saturated heterocycles. The molecule has 0 fully saturated rings. The fourth-order valence-electron chi connectivity index (χ4n) is 1.60. The minimum absolute atomic E-state index is 0.0900. The second kappa shape index (κ2) is 6.41. The van der Waals surface area contributed by atoms with Gasteiger partial charge in [-0.25, -0.2) is 9.78 Å². The maximum Gasteiger partial charge on any atom is 0.341 e. The van der Waals surface area contributed by atoms with Crippen molar-refractivity contribution in [2.75, 3.05) is 12.3 Å². The maximum atomic E-state index is 11.6. The van der Waals surface area contributed by atoms with Gasteiger partial charge in [-0.2, -0.15) is 4.98 Å². The number of aromatic nitrogens is 2. The summed E-state index contributed by atoms with van der Waals surface area (Å²) in [7, 11) is 0. The van der Waals surface area contributed by atoms with E-state index in [1.165, 1.54) is 6.20 Å². The van der Waals surface area contributed by atoms with Crippen molar-refractivity contribution >= 4 is 23.3 Å². The molecule has 21 heavy (non-hydrogen) atoms. The van der Waals surface area contributed by atoms with Crippen LogP contribution in [0.1, 0.15) is 23.0 Å². The lowest BCUT2D eigenvalue weighted by molar-refractivity contribution is 0.0524. The van der Waals surface area contributed by atoms with E-state index in [4.69, 9.17) is 26.8 Å². The highest BCUT2D eigenvalue weighted by atomic mass is 35.5. The second-order valence-corrected chi connectivity index (χ2v) is 4.57. The van der Waals surface area contributed by atoms with Crippen molar-refractivity contribution < 1.29 is 14.3 Å². The number of ether oxygens (including phenoxy) is 2. The number of carbonyl (C=O) groups excluding carboxylic acids is 1. The zero-order valence-electron chi connectivity index (χ0n) is 11.6. The number of nitrogens with zero attached hydrogens (tertiary/aromatic N) is 2. The van der Waals surface area contributed by atoms with Gasteiger partial charge in [0.05, 0.1) is 22.9 Å². The normalized spacial score (nSPS) is 10.2. The zero-order chi connectivity index (χ0) is 15.4. The molecule has 0 radical (unpaired) electrons. The molecule has 7 heteroatoms. The van der Waals surface area contributed by atoms with Gasteiger partial charge in [0.15, 0.2) is 0 Å². The highest BCUT2D eigenvalue weighted by Gasteiger charge is 2.14. The van der Waals surface area contributed by atoms with Crippen LogP contribution in [0.4, 0.5) is 5.69 Å². The van der Waals surface area contributed by atoms with Gasteiger partial charge >= 0.3 is 12.0 Å². The maximum absolute atomic E-state index is 11.6. The monoisotopic (exact) mass is 307 g/mol. The van der Waals surface area contributed by atoms with Crippen LogP contribution in [0.15, 0.2) is 24.4 Å². The number of carbonyl (C=O) groups is 1. The molecule has 0 aliphatic heterocycles. The van der Waals surface area contributed by atoms with Crippen LogP contribution in [0.2, 0.25) is 5.02 Å². The highest BCUT2D eigenvalue weighted by Crippen LogP contribution is 2.29. The van der Waals surface area contributed by atoms with Crippen LogP contribution in [0.25, 0.3) is 0 Å². The topological polar surface area (TPSA) is 87.3 Å². The van der Waals surface area contributed by atoms with Gasteiger partial charge in [0.25, 0.3) is 0 Å². The number of benzene rings is 1. The van der Waals surface area contributed by atoms with E-state index in [0.29, 0.717) is 27.7 Å². The highest BCUT2D eigenvalue weighted by molar-refractivity contribution is 6.32. The first-order chi connectivity index (χ1) is 10.0. The molecular weight excluding hydrogens is 294 g/mol.